The quantitative estimate of drug-likeness (QED) is 0.439. The summed E-state index contributed by atoms with van der Waals surface area (Å²) in [6.07, 6.45) is 0. The van der Waals surface area contributed by atoms with Gasteiger partial charge in [0.1, 0.15) is 6.61 Å². The van der Waals surface area contributed by atoms with Crippen LogP contribution in [0, 0.1) is 0 Å². The van der Waals surface area contributed by atoms with Crippen LogP contribution in [0.5, 0.6) is 0 Å². The number of nitrogens with two attached hydrogens (primary N) is 1. The number of amides is 3. The van der Waals surface area contributed by atoms with Crippen LogP contribution in [0.3, 0.4) is 0 Å². The van der Waals surface area contributed by atoms with E-state index in [2.05, 4.69) is 11.1 Å². The van der Waals surface area contributed by atoms with Crippen molar-refractivity contribution in [3.8, 4) is 0 Å². The van der Waals surface area contributed by atoms with Crippen LogP contribution in [-0.4, -0.2) is 38.7 Å². The maximum Gasteiger partial charge on any atom is 0.318 e. The zero-order valence-electron chi connectivity index (χ0n) is 6.92. The van der Waals surface area contributed by atoms with Crippen molar-refractivity contribution in [2.75, 3.05) is 26.8 Å². The van der Waals surface area contributed by atoms with E-state index in [-0.39, 0.29) is 6.61 Å². The van der Waals surface area contributed by atoms with E-state index >= 15 is 0 Å². The van der Waals surface area contributed by atoms with Gasteiger partial charge < -0.3 is 15.8 Å². The molecule has 0 aromatic carbocycles. The Kier molecular flexibility index (Phi) is 5.94. The number of hydrogen-bond donors (Lipinski definition) is 3. The summed E-state index contributed by atoms with van der Waals surface area (Å²) in [6, 6.07) is -0.864. The smallest absolute Gasteiger partial charge is 0.318 e. The van der Waals surface area contributed by atoms with Crippen molar-refractivity contribution in [3.05, 3.63) is 0 Å². The summed E-state index contributed by atoms with van der Waals surface area (Å²) in [5.41, 5.74) is 4.68. The molecule has 0 aromatic heterocycles. The Bertz CT molecular complexity index is 160. The standard InChI is InChI=1S/C6H13N3O3/c1-8-2-3-12-4-5(10)9-6(7)11/h8H,2-4H2,1H3,(H3,7,9,10,11). The van der Waals surface area contributed by atoms with E-state index in [9.17, 15) is 9.59 Å². The molecule has 0 radical (unpaired) electrons. The molecule has 0 saturated carbocycles. The average molecular weight is 175 g/mol. The predicted molar refractivity (Wildman–Crippen MR) is 42.5 cm³/mol. The number of nitrogens with one attached hydrogen (secondary N) is 2. The Morgan fingerprint density at radius 2 is 2.17 bits per heavy atom. The highest BCUT2D eigenvalue weighted by atomic mass is 16.5. The van der Waals surface area contributed by atoms with E-state index in [0.717, 1.165) is 0 Å². The van der Waals surface area contributed by atoms with Crippen molar-refractivity contribution in [2.45, 2.75) is 0 Å². The molecule has 6 heteroatoms. The second-order valence-corrected chi connectivity index (χ2v) is 2.07. The largest absolute Gasteiger partial charge is 0.370 e. The van der Waals surface area contributed by atoms with Gasteiger partial charge in [-0.05, 0) is 7.05 Å². The lowest BCUT2D eigenvalue weighted by Gasteiger charge is -2.02. The topological polar surface area (TPSA) is 93.4 Å². The molecule has 4 N–H and O–H groups in total. The van der Waals surface area contributed by atoms with E-state index in [1.165, 1.54) is 0 Å². The third-order valence-corrected chi connectivity index (χ3v) is 0.992. The van der Waals surface area contributed by atoms with Crippen molar-refractivity contribution >= 4 is 11.9 Å². The predicted octanol–water partition coefficient (Wildman–Crippen LogP) is -1.58. The summed E-state index contributed by atoms with van der Waals surface area (Å²) < 4.78 is 4.85. The Labute approximate surface area is 70.4 Å². The zero-order chi connectivity index (χ0) is 9.40. The van der Waals surface area contributed by atoms with Crippen LogP contribution in [0.25, 0.3) is 0 Å². The summed E-state index contributed by atoms with van der Waals surface area (Å²) in [5, 5.41) is 4.71. The molecular formula is C6H13N3O3. The van der Waals surface area contributed by atoms with E-state index in [4.69, 9.17) is 4.74 Å². The van der Waals surface area contributed by atoms with E-state index in [0.29, 0.717) is 13.2 Å². The first-order valence-electron chi connectivity index (χ1n) is 3.48. The molecule has 3 amide bonds. The fraction of sp³-hybridized carbons (Fsp3) is 0.667. The molecule has 0 aliphatic rings. The second kappa shape index (κ2) is 6.56. The number of carbonyl (C=O) groups is 2. The number of primary amides is 1. The van der Waals surface area contributed by atoms with Gasteiger partial charge in [-0.15, -0.1) is 0 Å². The fourth-order valence-corrected chi connectivity index (χ4v) is 0.513. The summed E-state index contributed by atoms with van der Waals surface area (Å²) in [5.74, 6) is -0.529. The zero-order valence-corrected chi connectivity index (χ0v) is 6.92. The van der Waals surface area contributed by atoms with Gasteiger partial charge >= 0.3 is 6.03 Å². The number of ether oxygens (including phenoxy) is 1. The molecule has 0 aliphatic carbocycles. The molecule has 0 unspecified atom stereocenters. The minimum atomic E-state index is -0.864. The van der Waals surface area contributed by atoms with Gasteiger partial charge in [-0.3, -0.25) is 10.1 Å². The van der Waals surface area contributed by atoms with Crippen molar-refractivity contribution in [2.24, 2.45) is 5.73 Å². The van der Waals surface area contributed by atoms with Gasteiger partial charge in [-0.25, -0.2) is 4.79 Å². The highest BCUT2D eigenvalue weighted by Crippen LogP contribution is 1.73. The summed E-state index contributed by atoms with van der Waals surface area (Å²) in [6.45, 7) is 0.928. The molecule has 0 rings (SSSR count). The van der Waals surface area contributed by atoms with E-state index in [1.807, 2.05) is 5.32 Å². The van der Waals surface area contributed by atoms with Gasteiger partial charge in [0.05, 0.1) is 6.61 Å². The highest BCUT2D eigenvalue weighted by Gasteiger charge is 2.02. The minimum Gasteiger partial charge on any atom is -0.370 e. The molecule has 0 saturated heterocycles. The molecule has 0 aromatic rings. The molecule has 0 spiro atoms. The molecular weight excluding hydrogens is 162 g/mol. The van der Waals surface area contributed by atoms with Gasteiger partial charge in [-0.2, -0.15) is 0 Å². The number of carbonyl (C=O) groups excluding carboxylic acids is 2. The van der Waals surface area contributed by atoms with Crippen LogP contribution in [-0.2, 0) is 9.53 Å². The van der Waals surface area contributed by atoms with Crippen molar-refractivity contribution in [3.63, 3.8) is 0 Å². The minimum absolute atomic E-state index is 0.148. The number of imide groups is 1. The van der Waals surface area contributed by atoms with E-state index in [1.54, 1.807) is 7.05 Å². The molecule has 0 fully saturated rings. The first-order valence-corrected chi connectivity index (χ1v) is 3.48. The molecule has 70 valence electrons. The molecule has 0 heterocycles. The van der Waals surface area contributed by atoms with Crippen molar-refractivity contribution < 1.29 is 14.3 Å². The van der Waals surface area contributed by atoms with Crippen molar-refractivity contribution in [1.82, 2.24) is 10.6 Å². The second-order valence-electron chi connectivity index (χ2n) is 2.07. The lowest BCUT2D eigenvalue weighted by Crippen LogP contribution is -2.37. The summed E-state index contributed by atoms with van der Waals surface area (Å²) >= 11 is 0. The Hall–Kier alpha value is -1.14. The number of rotatable bonds is 5. The molecule has 6 nitrogen and oxygen atoms in total. The van der Waals surface area contributed by atoms with Gasteiger partial charge in [0, 0.05) is 6.54 Å². The van der Waals surface area contributed by atoms with Crippen LogP contribution in [0.1, 0.15) is 0 Å². The monoisotopic (exact) mass is 175 g/mol. The third-order valence-electron chi connectivity index (χ3n) is 0.992. The van der Waals surface area contributed by atoms with Crippen LogP contribution < -0.4 is 16.4 Å². The van der Waals surface area contributed by atoms with Gasteiger partial charge in [0.15, 0.2) is 0 Å². The lowest BCUT2D eigenvalue weighted by molar-refractivity contribution is -0.124. The number of likely N-dealkylation sites (N-methyl/N-ethyl adjacent to an activating group) is 1. The van der Waals surface area contributed by atoms with Crippen LogP contribution in [0.15, 0.2) is 0 Å². The normalized spacial score (nSPS) is 9.42. The fourth-order valence-electron chi connectivity index (χ4n) is 0.513. The van der Waals surface area contributed by atoms with Crippen molar-refractivity contribution in [1.29, 1.82) is 0 Å². The van der Waals surface area contributed by atoms with Gasteiger partial charge in [-0.1, -0.05) is 0 Å². The maximum atomic E-state index is 10.7. The van der Waals surface area contributed by atoms with Crippen LogP contribution in [0.4, 0.5) is 4.79 Å². The van der Waals surface area contributed by atoms with E-state index < -0.39 is 11.9 Å². The lowest BCUT2D eigenvalue weighted by atomic mass is 10.6. The van der Waals surface area contributed by atoms with Crippen LogP contribution in [0.2, 0.25) is 0 Å². The number of hydrogen-bond acceptors (Lipinski definition) is 4. The van der Waals surface area contributed by atoms with Gasteiger partial charge in [0.2, 0.25) is 0 Å². The molecule has 0 aliphatic heterocycles. The summed E-state index contributed by atoms with van der Waals surface area (Å²) in [7, 11) is 1.77. The molecule has 0 atom stereocenters. The Morgan fingerprint density at radius 3 is 2.67 bits per heavy atom. The third kappa shape index (κ3) is 6.97. The highest BCUT2D eigenvalue weighted by molar-refractivity contribution is 5.94. The SMILES string of the molecule is CNCCOCC(=O)NC(N)=O. The van der Waals surface area contributed by atoms with Crippen LogP contribution >= 0.6 is 0 Å². The maximum absolute atomic E-state index is 10.7. The average Bonchev–Trinajstić information content (AvgIpc) is 1.97. The first kappa shape index (κ1) is 10.9. The Balaban J connectivity index is 3.26. The first-order chi connectivity index (χ1) is 5.66. The molecule has 0 bridgehead atoms. The molecule has 12 heavy (non-hydrogen) atoms. The van der Waals surface area contributed by atoms with Gasteiger partial charge in [0.25, 0.3) is 5.91 Å². The Morgan fingerprint density at radius 1 is 1.50 bits per heavy atom. The number of urea groups is 1. The summed E-state index contributed by atoms with van der Waals surface area (Å²) in [4.78, 5) is 20.8.